The van der Waals surface area contributed by atoms with Crippen LogP contribution in [0.1, 0.15) is 25.0 Å². The first kappa shape index (κ1) is 23.2. The van der Waals surface area contributed by atoms with Crippen LogP contribution in [-0.2, 0) is 17.9 Å². The van der Waals surface area contributed by atoms with Crippen molar-refractivity contribution in [1.29, 1.82) is 0 Å². The summed E-state index contributed by atoms with van der Waals surface area (Å²) in [5.41, 5.74) is 1.81. The summed E-state index contributed by atoms with van der Waals surface area (Å²) in [5, 5.41) is 6.55. The molecule has 0 spiro atoms. The van der Waals surface area contributed by atoms with E-state index in [2.05, 4.69) is 20.6 Å². The fourth-order valence-electron chi connectivity index (χ4n) is 2.18. The molecule has 0 bridgehead atoms. The first-order valence-electron chi connectivity index (χ1n) is 8.64. The lowest BCUT2D eigenvalue weighted by Crippen LogP contribution is -2.45. The Labute approximate surface area is 178 Å². The smallest absolute Gasteiger partial charge is 0.218 e. The van der Waals surface area contributed by atoms with E-state index in [1.807, 2.05) is 56.3 Å². The molecule has 0 saturated carbocycles. The van der Waals surface area contributed by atoms with Crippen LogP contribution in [0.25, 0.3) is 0 Å². The van der Waals surface area contributed by atoms with E-state index >= 15 is 0 Å². The summed E-state index contributed by atoms with van der Waals surface area (Å²) >= 11 is 0. The van der Waals surface area contributed by atoms with Crippen molar-refractivity contribution < 1.29 is 9.47 Å². The maximum Gasteiger partial charge on any atom is 0.218 e. The van der Waals surface area contributed by atoms with E-state index in [0.29, 0.717) is 31.5 Å². The van der Waals surface area contributed by atoms with Crippen LogP contribution in [0.2, 0.25) is 0 Å². The quantitative estimate of drug-likeness (QED) is 0.342. The summed E-state index contributed by atoms with van der Waals surface area (Å²) in [6, 6.07) is 13.9. The van der Waals surface area contributed by atoms with E-state index < -0.39 is 0 Å². The molecule has 1 aromatic heterocycles. The van der Waals surface area contributed by atoms with Crippen molar-refractivity contribution in [2.24, 2.45) is 4.99 Å². The van der Waals surface area contributed by atoms with Crippen LogP contribution in [0.4, 0.5) is 0 Å². The summed E-state index contributed by atoms with van der Waals surface area (Å²) in [6.07, 6.45) is 1.73. The highest BCUT2D eigenvalue weighted by atomic mass is 127. The number of benzene rings is 1. The lowest BCUT2D eigenvalue weighted by molar-refractivity contribution is 0.0268. The van der Waals surface area contributed by atoms with E-state index in [1.54, 1.807) is 20.4 Å². The Morgan fingerprint density at radius 3 is 2.52 bits per heavy atom. The van der Waals surface area contributed by atoms with Crippen molar-refractivity contribution >= 4 is 29.9 Å². The summed E-state index contributed by atoms with van der Waals surface area (Å²) in [4.78, 5) is 8.59. The highest BCUT2D eigenvalue weighted by Crippen LogP contribution is 2.16. The van der Waals surface area contributed by atoms with Crippen LogP contribution < -0.4 is 15.4 Å². The molecule has 0 atom stereocenters. The van der Waals surface area contributed by atoms with Gasteiger partial charge in [0.1, 0.15) is 6.61 Å². The van der Waals surface area contributed by atoms with Gasteiger partial charge in [-0.1, -0.05) is 36.4 Å². The first-order chi connectivity index (χ1) is 12.5. The molecule has 0 unspecified atom stereocenters. The summed E-state index contributed by atoms with van der Waals surface area (Å²) in [7, 11) is 3.44. The Kier molecular flexibility index (Phi) is 10.1. The normalized spacial score (nSPS) is 11.5. The molecule has 6 nitrogen and oxygen atoms in total. The van der Waals surface area contributed by atoms with Crippen molar-refractivity contribution in [1.82, 2.24) is 15.6 Å². The van der Waals surface area contributed by atoms with Gasteiger partial charge in [-0.2, -0.15) is 0 Å². The third kappa shape index (κ3) is 8.13. The minimum Gasteiger partial charge on any atom is -0.473 e. The van der Waals surface area contributed by atoms with Gasteiger partial charge in [0.05, 0.1) is 5.60 Å². The van der Waals surface area contributed by atoms with Crippen LogP contribution in [0, 0.1) is 0 Å². The molecule has 0 fully saturated rings. The number of nitrogens with zero attached hydrogens (tertiary/aromatic N) is 2. The minimum atomic E-state index is -0.268. The maximum absolute atomic E-state index is 5.89. The molecule has 2 rings (SSSR count). The second-order valence-corrected chi connectivity index (χ2v) is 6.49. The first-order valence-corrected chi connectivity index (χ1v) is 8.64. The standard InChI is InChI=1S/C20H28N4O2.HI/c1-20(2,25-4)15-24-19(21-3)23-13-17-11-8-12-22-18(17)26-14-16-9-6-5-7-10-16;/h5-12H,13-15H2,1-4H3,(H2,21,23,24);1H. The van der Waals surface area contributed by atoms with Gasteiger partial charge in [0.2, 0.25) is 5.88 Å². The number of aliphatic imine (C=N–C) groups is 1. The fraction of sp³-hybridized carbons (Fsp3) is 0.400. The number of methoxy groups -OCH3 is 1. The number of nitrogens with one attached hydrogen (secondary N) is 2. The predicted molar refractivity (Wildman–Crippen MR) is 120 cm³/mol. The molecule has 0 aliphatic heterocycles. The molecular formula is C20H29IN4O2. The number of ether oxygens (including phenoxy) is 2. The minimum absolute atomic E-state index is 0. The predicted octanol–water partition coefficient (Wildman–Crippen LogP) is 3.37. The van der Waals surface area contributed by atoms with Gasteiger partial charge in [-0.15, -0.1) is 24.0 Å². The number of hydrogen-bond donors (Lipinski definition) is 2. The third-order valence-electron chi connectivity index (χ3n) is 3.97. The molecule has 0 aliphatic carbocycles. The average molecular weight is 484 g/mol. The molecule has 0 amide bonds. The van der Waals surface area contributed by atoms with E-state index in [1.165, 1.54) is 0 Å². The van der Waals surface area contributed by atoms with E-state index in [4.69, 9.17) is 9.47 Å². The molecule has 27 heavy (non-hydrogen) atoms. The molecule has 2 N–H and O–H groups in total. The van der Waals surface area contributed by atoms with Gasteiger partial charge >= 0.3 is 0 Å². The Bertz CT molecular complexity index is 708. The van der Waals surface area contributed by atoms with Crippen LogP contribution in [0.3, 0.4) is 0 Å². The Morgan fingerprint density at radius 1 is 1.11 bits per heavy atom. The SMILES string of the molecule is CN=C(NCc1cccnc1OCc1ccccc1)NCC(C)(C)OC.I. The lowest BCUT2D eigenvalue weighted by atomic mass is 10.1. The third-order valence-corrected chi connectivity index (χ3v) is 3.97. The van der Waals surface area contributed by atoms with Gasteiger partial charge in [-0.3, -0.25) is 4.99 Å². The van der Waals surface area contributed by atoms with Crippen LogP contribution in [0.5, 0.6) is 5.88 Å². The summed E-state index contributed by atoms with van der Waals surface area (Å²) < 4.78 is 11.3. The van der Waals surface area contributed by atoms with Crippen molar-refractivity contribution in [3.8, 4) is 5.88 Å². The number of guanidine groups is 1. The van der Waals surface area contributed by atoms with Gasteiger partial charge in [0.15, 0.2) is 5.96 Å². The van der Waals surface area contributed by atoms with Crippen molar-refractivity contribution in [2.45, 2.75) is 32.6 Å². The number of halogens is 1. The Balaban J connectivity index is 0.00000364. The zero-order valence-corrected chi connectivity index (χ0v) is 18.7. The van der Waals surface area contributed by atoms with Gasteiger partial charge in [0.25, 0.3) is 0 Å². The van der Waals surface area contributed by atoms with E-state index in [9.17, 15) is 0 Å². The summed E-state index contributed by atoms with van der Waals surface area (Å²) in [6.45, 7) is 5.73. The highest BCUT2D eigenvalue weighted by molar-refractivity contribution is 14.0. The van der Waals surface area contributed by atoms with E-state index in [-0.39, 0.29) is 29.6 Å². The van der Waals surface area contributed by atoms with Crippen molar-refractivity contribution in [3.63, 3.8) is 0 Å². The van der Waals surface area contributed by atoms with Crippen LogP contribution in [-0.4, -0.2) is 37.2 Å². The zero-order valence-electron chi connectivity index (χ0n) is 16.4. The molecule has 1 heterocycles. The second kappa shape index (κ2) is 11.8. The van der Waals surface area contributed by atoms with Gasteiger partial charge < -0.3 is 20.1 Å². The fourth-order valence-corrected chi connectivity index (χ4v) is 2.18. The molecular weight excluding hydrogens is 455 g/mol. The molecule has 7 heteroatoms. The molecule has 0 radical (unpaired) electrons. The monoisotopic (exact) mass is 484 g/mol. The average Bonchev–Trinajstić information content (AvgIpc) is 2.68. The van der Waals surface area contributed by atoms with Gasteiger partial charge in [-0.05, 0) is 25.5 Å². The molecule has 2 aromatic rings. The van der Waals surface area contributed by atoms with Gasteiger partial charge in [-0.25, -0.2) is 4.98 Å². The lowest BCUT2D eigenvalue weighted by Gasteiger charge is -2.24. The van der Waals surface area contributed by atoms with Crippen molar-refractivity contribution in [2.75, 3.05) is 20.7 Å². The zero-order chi connectivity index (χ0) is 18.8. The summed E-state index contributed by atoms with van der Waals surface area (Å²) in [5.74, 6) is 1.32. The molecule has 148 valence electrons. The molecule has 0 saturated heterocycles. The maximum atomic E-state index is 5.89. The Hall–Kier alpha value is -1.87. The van der Waals surface area contributed by atoms with Crippen molar-refractivity contribution in [3.05, 3.63) is 59.8 Å². The topological polar surface area (TPSA) is 67.8 Å². The molecule has 0 aliphatic rings. The Morgan fingerprint density at radius 2 is 1.85 bits per heavy atom. The van der Waals surface area contributed by atoms with Gasteiger partial charge in [0, 0.05) is 39.0 Å². The second-order valence-electron chi connectivity index (χ2n) is 6.49. The number of hydrogen-bond acceptors (Lipinski definition) is 4. The number of rotatable bonds is 8. The highest BCUT2D eigenvalue weighted by Gasteiger charge is 2.16. The number of pyridine rings is 1. The number of aromatic nitrogens is 1. The molecule has 1 aromatic carbocycles. The van der Waals surface area contributed by atoms with E-state index in [0.717, 1.165) is 11.1 Å². The van der Waals surface area contributed by atoms with Crippen LogP contribution in [0.15, 0.2) is 53.7 Å². The van der Waals surface area contributed by atoms with Crippen LogP contribution >= 0.6 is 24.0 Å². The largest absolute Gasteiger partial charge is 0.473 e.